The van der Waals surface area contributed by atoms with Gasteiger partial charge in [0.25, 0.3) is 0 Å². The number of halogens is 3. The number of esters is 1. The van der Waals surface area contributed by atoms with Gasteiger partial charge in [0.05, 0.1) is 34.2 Å². The molecule has 14 heteroatoms. The SMILES string of the molecule is CCOC(=O)Cn1ncc2c1CCCC2N(C)S(=O)(=O)c1cc(C(F)(F)F)cc(S(C)(=O)=O)c1. The lowest BCUT2D eigenvalue weighted by molar-refractivity contribution is -0.144. The molecule has 1 aliphatic carbocycles. The third-order valence-corrected chi connectivity index (χ3v) is 8.50. The first-order valence-corrected chi connectivity index (χ1v) is 13.6. The molecule has 3 rings (SSSR count). The van der Waals surface area contributed by atoms with E-state index in [1.165, 1.54) is 17.9 Å². The van der Waals surface area contributed by atoms with Crippen LogP contribution in [0.15, 0.2) is 34.2 Å². The summed E-state index contributed by atoms with van der Waals surface area (Å²) in [5.74, 6) is -0.506. The predicted octanol–water partition coefficient (Wildman–Crippen LogP) is 2.57. The van der Waals surface area contributed by atoms with E-state index in [-0.39, 0.29) is 13.2 Å². The Balaban J connectivity index is 2.03. The van der Waals surface area contributed by atoms with E-state index in [1.807, 2.05) is 0 Å². The molecule has 1 aromatic heterocycles. The van der Waals surface area contributed by atoms with Gasteiger partial charge in [0, 0.05) is 24.6 Å². The summed E-state index contributed by atoms with van der Waals surface area (Å²) in [6.07, 6.45) is -1.38. The Bertz CT molecular complexity index is 1300. The van der Waals surface area contributed by atoms with Crippen molar-refractivity contribution >= 4 is 25.8 Å². The van der Waals surface area contributed by atoms with Gasteiger partial charge in [0.1, 0.15) is 6.54 Å². The Morgan fingerprint density at radius 3 is 2.44 bits per heavy atom. The van der Waals surface area contributed by atoms with Gasteiger partial charge in [0.15, 0.2) is 9.84 Å². The highest BCUT2D eigenvalue weighted by atomic mass is 32.2. The minimum absolute atomic E-state index is 0.155. The topological polar surface area (TPSA) is 116 Å². The summed E-state index contributed by atoms with van der Waals surface area (Å²) in [7, 11) is -7.43. The molecule has 0 amide bonds. The van der Waals surface area contributed by atoms with E-state index in [0.717, 1.165) is 10.4 Å². The molecule has 34 heavy (non-hydrogen) atoms. The number of rotatable bonds is 7. The van der Waals surface area contributed by atoms with Crippen molar-refractivity contribution in [3.05, 3.63) is 41.2 Å². The molecule has 1 atom stereocenters. The van der Waals surface area contributed by atoms with Gasteiger partial charge in [0.2, 0.25) is 10.0 Å². The molecule has 0 saturated carbocycles. The predicted molar refractivity (Wildman–Crippen MR) is 114 cm³/mol. The van der Waals surface area contributed by atoms with Crippen molar-refractivity contribution in [1.29, 1.82) is 0 Å². The number of aromatic nitrogens is 2. The average Bonchev–Trinajstić information content (AvgIpc) is 3.14. The summed E-state index contributed by atoms with van der Waals surface area (Å²) in [5.41, 5.74) is -0.224. The van der Waals surface area contributed by atoms with Crippen LogP contribution in [-0.2, 0) is 48.5 Å². The van der Waals surface area contributed by atoms with Crippen molar-refractivity contribution in [2.75, 3.05) is 19.9 Å². The highest BCUT2D eigenvalue weighted by molar-refractivity contribution is 7.91. The van der Waals surface area contributed by atoms with Crippen LogP contribution >= 0.6 is 0 Å². The number of benzene rings is 1. The summed E-state index contributed by atoms with van der Waals surface area (Å²) in [5, 5.41) is 4.17. The van der Waals surface area contributed by atoms with E-state index < -0.39 is 53.4 Å². The summed E-state index contributed by atoms with van der Waals surface area (Å²) >= 11 is 0. The lowest BCUT2D eigenvalue weighted by Crippen LogP contribution is -2.34. The van der Waals surface area contributed by atoms with Crippen molar-refractivity contribution in [1.82, 2.24) is 14.1 Å². The van der Waals surface area contributed by atoms with Crippen LogP contribution in [0.1, 0.15) is 42.6 Å². The molecule has 1 aliphatic rings. The fourth-order valence-electron chi connectivity index (χ4n) is 3.87. The largest absolute Gasteiger partial charge is 0.465 e. The summed E-state index contributed by atoms with van der Waals surface area (Å²) in [6, 6.07) is 0.798. The molecule has 0 bridgehead atoms. The van der Waals surface area contributed by atoms with Crippen LogP contribution in [-0.4, -0.2) is 56.8 Å². The van der Waals surface area contributed by atoms with E-state index in [1.54, 1.807) is 6.92 Å². The first-order chi connectivity index (χ1) is 15.7. The fraction of sp³-hybridized carbons (Fsp3) is 0.500. The molecule has 0 N–H and O–H groups in total. The molecule has 0 aliphatic heterocycles. The maximum absolute atomic E-state index is 13.4. The van der Waals surface area contributed by atoms with Gasteiger partial charge in [-0.1, -0.05) is 0 Å². The minimum Gasteiger partial charge on any atom is -0.465 e. The highest BCUT2D eigenvalue weighted by Gasteiger charge is 2.37. The van der Waals surface area contributed by atoms with Gasteiger partial charge >= 0.3 is 12.1 Å². The summed E-state index contributed by atoms with van der Waals surface area (Å²) < 4.78 is 98.0. The quantitative estimate of drug-likeness (QED) is 0.512. The Labute approximate surface area is 195 Å². The molecular formula is C20H24F3N3O6S2. The molecule has 0 radical (unpaired) electrons. The van der Waals surface area contributed by atoms with Gasteiger partial charge in [-0.3, -0.25) is 9.48 Å². The molecule has 9 nitrogen and oxygen atoms in total. The number of carbonyl (C=O) groups excluding carboxylic acids is 1. The van der Waals surface area contributed by atoms with Crippen LogP contribution in [0.2, 0.25) is 0 Å². The minimum atomic E-state index is -4.95. The first-order valence-electron chi connectivity index (χ1n) is 10.3. The molecule has 1 unspecified atom stereocenters. The number of alkyl halides is 3. The number of fused-ring (bicyclic) bond motifs is 1. The zero-order chi connectivity index (χ0) is 25.5. The number of nitrogens with zero attached hydrogens (tertiary/aromatic N) is 3. The van der Waals surface area contributed by atoms with E-state index in [0.29, 0.717) is 48.9 Å². The summed E-state index contributed by atoms with van der Waals surface area (Å²) in [4.78, 5) is 10.3. The van der Waals surface area contributed by atoms with Gasteiger partial charge in [-0.05, 0) is 44.4 Å². The van der Waals surface area contributed by atoms with E-state index in [2.05, 4.69) is 5.10 Å². The normalized spacial score (nSPS) is 17.0. The standard InChI is InChI=1S/C20H24F3N3O6S2/c1-4-32-19(27)12-26-18-7-5-6-17(16(18)11-24-26)25(2)34(30,31)15-9-13(20(21,22)23)8-14(10-15)33(3,28)29/h8-11,17H,4-7,12H2,1-3H3. The van der Waals surface area contributed by atoms with Gasteiger partial charge in [-0.15, -0.1) is 0 Å². The van der Waals surface area contributed by atoms with Crippen molar-refractivity contribution in [2.45, 2.75) is 54.7 Å². The van der Waals surface area contributed by atoms with Crippen LogP contribution in [0, 0.1) is 0 Å². The molecule has 2 aromatic rings. The van der Waals surface area contributed by atoms with Gasteiger partial charge < -0.3 is 4.74 Å². The smallest absolute Gasteiger partial charge is 0.416 e. The zero-order valence-electron chi connectivity index (χ0n) is 18.7. The van der Waals surface area contributed by atoms with Crippen LogP contribution < -0.4 is 0 Å². The van der Waals surface area contributed by atoms with E-state index in [4.69, 9.17) is 4.74 Å². The number of hydrogen-bond acceptors (Lipinski definition) is 7. The third-order valence-electron chi connectivity index (χ3n) is 5.57. The lowest BCUT2D eigenvalue weighted by atomic mass is 9.93. The number of sulfonamides is 1. The molecule has 188 valence electrons. The van der Waals surface area contributed by atoms with Crippen molar-refractivity contribution in [3.8, 4) is 0 Å². The number of sulfone groups is 1. The summed E-state index contributed by atoms with van der Waals surface area (Å²) in [6.45, 7) is 1.70. The molecular weight excluding hydrogens is 499 g/mol. The maximum Gasteiger partial charge on any atom is 0.416 e. The third kappa shape index (κ3) is 5.28. The van der Waals surface area contributed by atoms with E-state index >= 15 is 0 Å². The number of hydrogen-bond donors (Lipinski definition) is 0. The molecule has 1 heterocycles. The van der Waals surface area contributed by atoms with Gasteiger partial charge in [-0.25, -0.2) is 16.8 Å². The zero-order valence-corrected chi connectivity index (χ0v) is 20.3. The second-order valence-corrected chi connectivity index (χ2v) is 11.9. The lowest BCUT2D eigenvalue weighted by Gasteiger charge is -2.31. The molecule has 0 fully saturated rings. The van der Waals surface area contributed by atoms with Crippen LogP contribution in [0.4, 0.5) is 13.2 Å². The number of carbonyl (C=O) groups is 1. The van der Waals surface area contributed by atoms with Crippen LogP contribution in [0.25, 0.3) is 0 Å². The molecule has 0 saturated heterocycles. The second-order valence-electron chi connectivity index (χ2n) is 7.90. The monoisotopic (exact) mass is 523 g/mol. The Hall–Kier alpha value is -2.45. The Morgan fingerprint density at radius 2 is 1.85 bits per heavy atom. The van der Waals surface area contributed by atoms with Crippen LogP contribution in [0.5, 0.6) is 0 Å². The Kier molecular flexibility index (Phi) is 7.16. The fourth-order valence-corrected chi connectivity index (χ4v) is 6.07. The highest BCUT2D eigenvalue weighted by Crippen LogP contribution is 2.38. The van der Waals surface area contributed by atoms with Crippen molar-refractivity contribution in [2.24, 2.45) is 0 Å². The van der Waals surface area contributed by atoms with Crippen molar-refractivity contribution < 1.29 is 39.5 Å². The number of ether oxygens (including phenoxy) is 1. The molecule has 0 spiro atoms. The van der Waals surface area contributed by atoms with Crippen LogP contribution in [0.3, 0.4) is 0 Å². The Morgan fingerprint density at radius 1 is 1.21 bits per heavy atom. The second kappa shape index (κ2) is 9.30. The molecule has 1 aromatic carbocycles. The average molecular weight is 524 g/mol. The van der Waals surface area contributed by atoms with E-state index in [9.17, 15) is 34.8 Å². The maximum atomic E-state index is 13.4. The first kappa shape index (κ1) is 26.2. The van der Waals surface area contributed by atoms with Crippen molar-refractivity contribution in [3.63, 3.8) is 0 Å². The van der Waals surface area contributed by atoms with Gasteiger partial charge in [-0.2, -0.15) is 22.6 Å².